The molecule has 2 rings (SSSR count). The molecule has 17 heavy (non-hydrogen) atoms. The first-order valence-electron chi connectivity index (χ1n) is 6.48. The van der Waals surface area contributed by atoms with Crippen molar-refractivity contribution in [2.75, 3.05) is 11.4 Å². The lowest BCUT2D eigenvalue weighted by molar-refractivity contribution is 0.379. The van der Waals surface area contributed by atoms with Gasteiger partial charge in [-0.25, -0.2) is 0 Å². The molecule has 1 heterocycles. The van der Waals surface area contributed by atoms with Gasteiger partial charge in [-0.05, 0) is 51.2 Å². The average molecular weight is 233 g/mol. The molecule has 94 valence electrons. The zero-order valence-electron chi connectivity index (χ0n) is 11.5. The fourth-order valence-electron chi connectivity index (χ4n) is 3.23. The third-order valence-corrected chi connectivity index (χ3v) is 4.02. The minimum atomic E-state index is 0.170. The van der Waals surface area contributed by atoms with E-state index in [1.807, 2.05) is 13.0 Å². The number of benzene rings is 1. The number of hydrogen-bond acceptors (Lipinski definition) is 2. The van der Waals surface area contributed by atoms with Crippen molar-refractivity contribution >= 4 is 5.69 Å². The maximum atomic E-state index is 9.92. The predicted octanol–water partition coefficient (Wildman–Crippen LogP) is 3.81. The van der Waals surface area contributed by atoms with Gasteiger partial charge >= 0.3 is 0 Å². The van der Waals surface area contributed by atoms with Gasteiger partial charge in [0.05, 0.1) is 0 Å². The van der Waals surface area contributed by atoms with Crippen molar-refractivity contribution in [2.45, 2.75) is 52.5 Å². The molecule has 1 atom stereocenters. The molecule has 1 aromatic rings. The number of nitrogens with zero attached hydrogens (tertiary/aromatic N) is 1. The number of fused-ring (bicyclic) bond motifs is 1. The molecule has 1 aliphatic heterocycles. The van der Waals surface area contributed by atoms with Crippen molar-refractivity contribution in [3.8, 4) is 5.75 Å². The Labute approximate surface area is 104 Å². The zero-order valence-corrected chi connectivity index (χ0v) is 11.5. The molecule has 0 aromatic heterocycles. The predicted molar refractivity (Wildman–Crippen MR) is 73.0 cm³/mol. The highest BCUT2D eigenvalue weighted by Gasteiger charge is 2.35. The lowest BCUT2D eigenvalue weighted by Gasteiger charge is -2.47. The van der Waals surface area contributed by atoms with Crippen LogP contribution in [0.5, 0.6) is 5.75 Å². The SMILES string of the molecule is CCN1c2cc(O)c(C)cc2C(C)CC1(C)C. The average Bonchev–Trinajstić information content (AvgIpc) is 2.21. The minimum Gasteiger partial charge on any atom is -0.508 e. The summed E-state index contributed by atoms with van der Waals surface area (Å²) in [7, 11) is 0. The highest BCUT2D eigenvalue weighted by Crippen LogP contribution is 2.45. The van der Waals surface area contributed by atoms with Crippen LogP contribution in [0.4, 0.5) is 5.69 Å². The summed E-state index contributed by atoms with van der Waals surface area (Å²) in [5.74, 6) is 0.967. The Morgan fingerprint density at radius 3 is 2.65 bits per heavy atom. The van der Waals surface area contributed by atoms with E-state index in [2.05, 4.69) is 38.7 Å². The van der Waals surface area contributed by atoms with E-state index in [0.717, 1.165) is 18.5 Å². The van der Waals surface area contributed by atoms with Gasteiger partial charge in [-0.1, -0.05) is 13.0 Å². The number of phenols is 1. The minimum absolute atomic E-state index is 0.170. The molecular weight excluding hydrogens is 210 g/mol. The number of rotatable bonds is 1. The van der Waals surface area contributed by atoms with Crippen molar-refractivity contribution in [2.24, 2.45) is 0 Å². The fraction of sp³-hybridized carbons (Fsp3) is 0.600. The summed E-state index contributed by atoms with van der Waals surface area (Å²) in [5, 5.41) is 9.92. The molecule has 0 spiro atoms. The summed E-state index contributed by atoms with van der Waals surface area (Å²) in [4.78, 5) is 2.40. The van der Waals surface area contributed by atoms with Crippen molar-refractivity contribution in [3.63, 3.8) is 0 Å². The van der Waals surface area contributed by atoms with Gasteiger partial charge in [0.1, 0.15) is 5.75 Å². The number of hydrogen-bond donors (Lipinski definition) is 1. The smallest absolute Gasteiger partial charge is 0.120 e. The molecule has 1 aliphatic rings. The van der Waals surface area contributed by atoms with Crippen LogP contribution in [0.2, 0.25) is 0 Å². The molecule has 2 heteroatoms. The normalized spacial score (nSPS) is 22.4. The number of phenolic OH excluding ortho intramolecular Hbond substituents is 1. The topological polar surface area (TPSA) is 23.5 Å². The van der Waals surface area contributed by atoms with E-state index < -0.39 is 0 Å². The summed E-state index contributed by atoms with van der Waals surface area (Å²) in [6.45, 7) is 12.0. The lowest BCUT2D eigenvalue weighted by atomic mass is 9.79. The first-order chi connectivity index (χ1) is 7.86. The van der Waals surface area contributed by atoms with Crippen LogP contribution in [-0.2, 0) is 0 Å². The summed E-state index contributed by atoms with van der Waals surface area (Å²) in [6.07, 6.45) is 1.16. The molecule has 1 N–H and O–H groups in total. The van der Waals surface area contributed by atoms with E-state index in [1.165, 1.54) is 11.3 Å². The quantitative estimate of drug-likeness (QED) is 0.797. The Bertz CT molecular complexity index is 437. The van der Waals surface area contributed by atoms with Gasteiger partial charge < -0.3 is 10.0 Å². The molecule has 1 unspecified atom stereocenters. The van der Waals surface area contributed by atoms with Crippen LogP contribution in [-0.4, -0.2) is 17.2 Å². The standard InChI is InChI=1S/C15H23NO/c1-6-16-13-8-14(17)10(2)7-12(13)11(3)9-15(16,4)5/h7-8,11,17H,6,9H2,1-5H3. The second kappa shape index (κ2) is 3.94. The Kier molecular flexibility index (Phi) is 2.84. The second-order valence-electron chi connectivity index (χ2n) is 5.86. The molecule has 0 amide bonds. The van der Waals surface area contributed by atoms with E-state index in [0.29, 0.717) is 11.7 Å². The van der Waals surface area contributed by atoms with E-state index in [1.54, 1.807) is 0 Å². The second-order valence-corrected chi connectivity index (χ2v) is 5.86. The van der Waals surface area contributed by atoms with Gasteiger partial charge in [0.2, 0.25) is 0 Å². The van der Waals surface area contributed by atoms with Crippen molar-refractivity contribution < 1.29 is 5.11 Å². The van der Waals surface area contributed by atoms with Crippen LogP contribution in [0, 0.1) is 6.92 Å². The third kappa shape index (κ3) is 1.90. The maximum Gasteiger partial charge on any atom is 0.120 e. The van der Waals surface area contributed by atoms with Gasteiger partial charge in [0.15, 0.2) is 0 Å². The molecule has 0 saturated heterocycles. The van der Waals surface area contributed by atoms with Crippen molar-refractivity contribution in [1.82, 2.24) is 0 Å². The first kappa shape index (κ1) is 12.3. The molecule has 0 aliphatic carbocycles. The highest BCUT2D eigenvalue weighted by atomic mass is 16.3. The van der Waals surface area contributed by atoms with Gasteiger partial charge in [0, 0.05) is 23.8 Å². The molecule has 0 saturated carbocycles. The van der Waals surface area contributed by atoms with E-state index in [9.17, 15) is 5.11 Å². The summed E-state index contributed by atoms with van der Waals surface area (Å²) in [5.41, 5.74) is 3.73. The summed E-state index contributed by atoms with van der Waals surface area (Å²) >= 11 is 0. The van der Waals surface area contributed by atoms with Gasteiger partial charge in [-0.15, -0.1) is 0 Å². The first-order valence-corrected chi connectivity index (χ1v) is 6.48. The van der Waals surface area contributed by atoms with Crippen LogP contribution in [0.1, 0.15) is 51.2 Å². The highest BCUT2D eigenvalue weighted by molar-refractivity contribution is 5.63. The number of anilines is 1. The molecule has 0 radical (unpaired) electrons. The Hall–Kier alpha value is -1.18. The van der Waals surface area contributed by atoms with Crippen LogP contribution in [0.25, 0.3) is 0 Å². The fourth-order valence-corrected chi connectivity index (χ4v) is 3.23. The summed E-state index contributed by atoms with van der Waals surface area (Å²) < 4.78 is 0. The maximum absolute atomic E-state index is 9.92. The van der Waals surface area contributed by atoms with E-state index >= 15 is 0 Å². The molecule has 1 aromatic carbocycles. The monoisotopic (exact) mass is 233 g/mol. The Morgan fingerprint density at radius 1 is 1.41 bits per heavy atom. The number of aromatic hydroxyl groups is 1. The van der Waals surface area contributed by atoms with Gasteiger partial charge in [-0.2, -0.15) is 0 Å². The van der Waals surface area contributed by atoms with Gasteiger partial charge in [0.25, 0.3) is 0 Å². The van der Waals surface area contributed by atoms with Crippen LogP contribution < -0.4 is 4.90 Å². The van der Waals surface area contributed by atoms with Crippen molar-refractivity contribution in [1.29, 1.82) is 0 Å². The molecule has 2 nitrogen and oxygen atoms in total. The lowest BCUT2D eigenvalue weighted by Crippen LogP contribution is -2.48. The van der Waals surface area contributed by atoms with Gasteiger partial charge in [-0.3, -0.25) is 0 Å². The molecule has 0 bridgehead atoms. The molecule has 0 fully saturated rings. The van der Waals surface area contributed by atoms with Crippen LogP contribution >= 0.6 is 0 Å². The van der Waals surface area contributed by atoms with Crippen LogP contribution in [0.15, 0.2) is 12.1 Å². The van der Waals surface area contributed by atoms with Crippen molar-refractivity contribution in [3.05, 3.63) is 23.3 Å². The molecular formula is C15H23NO. The van der Waals surface area contributed by atoms with E-state index in [-0.39, 0.29) is 5.54 Å². The zero-order chi connectivity index (χ0) is 12.8. The Balaban J connectivity index is 2.60. The summed E-state index contributed by atoms with van der Waals surface area (Å²) in [6, 6.07) is 4.08. The largest absolute Gasteiger partial charge is 0.508 e. The Morgan fingerprint density at radius 2 is 2.06 bits per heavy atom. The van der Waals surface area contributed by atoms with Crippen LogP contribution in [0.3, 0.4) is 0 Å². The van der Waals surface area contributed by atoms with E-state index in [4.69, 9.17) is 0 Å². The third-order valence-electron chi connectivity index (χ3n) is 4.02. The number of aryl methyl sites for hydroxylation is 1.